The van der Waals surface area contributed by atoms with Gasteiger partial charge in [-0.25, -0.2) is 0 Å². The second-order valence-corrected chi connectivity index (χ2v) is 15.2. The second kappa shape index (κ2) is 13.9. The van der Waals surface area contributed by atoms with E-state index in [9.17, 15) is 0 Å². The highest BCUT2D eigenvalue weighted by Gasteiger charge is 2.47. The summed E-state index contributed by atoms with van der Waals surface area (Å²) in [6.45, 7) is 0. The SMILES string of the molecule is c1ccc(N(c2ccccc2-c2ccc(-c3cc4ccccc4c4ccccc34)cc2)c2cccc3c2-c2ccccc2C3(c2ccccc2)c2ccccc2)cc1. The van der Waals surface area contributed by atoms with Crippen LogP contribution in [0.15, 0.2) is 237 Å². The lowest BCUT2D eigenvalue weighted by molar-refractivity contribution is 0.768. The number of nitrogens with zero attached hydrogens (tertiary/aromatic N) is 1. The van der Waals surface area contributed by atoms with Crippen LogP contribution in [0.25, 0.3) is 54.9 Å². The summed E-state index contributed by atoms with van der Waals surface area (Å²) in [7, 11) is 0. The topological polar surface area (TPSA) is 3.24 Å². The van der Waals surface area contributed by atoms with Crippen LogP contribution in [0.1, 0.15) is 22.3 Å². The van der Waals surface area contributed by atoms with Crippen LogP contribution in [0.4, 0.5) is 17.1 Å². The molecule has 0 fully saturated rings. The molecule has 0 aromatic heterocycles. The normalized spacial score (nSPS) is 12.6. The van der Waals surface area contributed by atoms with E-state index >= 15 is 0 Å². The number of anilines is 3. The van der Waals surface area contributed by atoms with Gasteiger partial charge in [0.15, 0.2) is 0 Å². The van der Waals surface area contributed by atoms with Gasteiger partial charge in [0.2, 0.25) is 0 Å². The van der Waals surface area contributed by atoms with Crippen molar-refractivity contribution in [2.24, 2.45) is 0 Å². The molecule has 272 valence electrons. The summed E-state index contributed by atoms with van der Waals surface area (Å²) in [6.07, 6.45) is 0. The Labute approximate surface area is 339 Å². The average Bonchev–Trinajstić information content (AvgIpc) is 3.62. The van der Waals surface area contributed by atoms with Gasteiger partial charge in [0.25, 0.3) is 0 Å². The molecule has 0 saturated carbocycles. The van der Waals surface area contributed by atoms with E-state index in [4.69, 9.17) is 0 Å². The standard InChI is InChI=1S/C57H39N/c1-4-20-43(21-5-1)57(44-22-6-2-7-23-44)52-31-16-14-30-50(52)56-53(57)32-18-34-55(56)58(45-24-8-3-9-25-45)54-33-17-15-27-47(54)40-35-37-41(38-36-40)51-39-42-19-10-11-26-46(42)48-28-12-13-29-49(48)51/h1-39H. The maximum absolute atomic E-state index is 2.47. The fourth-order valence-corrected chi connectivity index (χ4v) is 9.68. The molecule has 0 heterocycles. The predicted octanol–water partition coefficient (Wildman–Crippen LogP) is 15.2. The largest absolute Gasteiger partial charge is 0.309 e. The fraction of sp³-hybridized carbons (Fsp3) is 0.0175. The Morgan fingerprint density at radius 1 is 0.310 bits per heavy atom. The van der Waals surface area contributed by atoms with Gasteiger partial charge in [-0.05, 0) is 96.4 Å². The van der Waals surface area contributed by atoms with Crippen molar-refractivity contribution in [3.63, 3.8) is 0 Å². The van der Waals surface area contributed by atoms with Crippen LogP contribution in [0, 0.1) is 0 Å². The van der Waals surface area contributed by atoms with Gasteiger partial charge >= 0.3 is 0 Å². The van der Waals surface area contributed by atoms with E-state index in [0.29, 0.717) is 0 Å². The van der Waals surface area contributed by atoms with Crippen molar-refractivity contribution in [2.45, 2.75) is 5.41 Å². The summed E-state index contributed by atoms with van der Waals surface area (Å²) in [5.41, 5.74) is 15.3. The minimum absolute atomic E-state index is 0.491. The molecular weight excluding hydrogens is 699 g/mol. The van der Waals surface area contributed by atoms with E-state index in [1.807, 2.05) is 0 Å². The summed E-state index contributed by atoms with van der Waals surface area (Å²) < 4.78 is 0. The molecule has 0 N–H and O–H groups in total. The lowest BCUT2D eigenvalue weighted by Gasteiger charge is -2.34. The lowest BCUT2D eigenvalue weighted by atomic mass is 9.68. The quantitative estimate of drug-likeness (QED) is 0.147. The molecule has 1 aliphatic rings. The van der Waals surface area contributed by atoms with Crippen molar-refractivity contribution in [3.8, 4) is 33.4 Å². The zero-order chi connectivity index (χ0) is 38.5. The first-order valence-corrected chi connectivity index (χ1v) is 20.1. The highest BCUT2D eigenvalue weighted by Crippen LogP contribution is 2.59. The molecule has 1 nitrogen and oxygen atoms in total. The molecule has 0 aliphatic heterocycles. The smallest absolute Gasteiger partial charge is 0.0714 e. The van der Waals surface area contributed by atoms with Crippen LogP contribution in [-0.2, 0) is 5.41 Å². The van der Waals surface area contributed by atoms with Crippen molar-refractivity contribution in [1.29, 1.82) is 0 Å². The number of rotatable bonds is 7. The molecule has 0 unspecified atom stereocenters. The minimum atomic E-state index is -0.491. The first-order chi connectivity index (χ1) is 28.8. The van der Waals surface area contributed by atoms with Crippen molar-refractivity contribution in [2.75, 3.05) is 4.90 Å². The first kappa shape index (κ1) is 33.8. The Morgan fingerprint density at radius 2 is 0.810 bits per heavy atom. The van der Waals surface area contributed by atoms with Crippen molar-refractivity contribution < 1.29 is 0 Å². The molecule has 0 spiro atoms. The summed E-state index contributed by atoms with van der Waals surface area (Å²) in [5, 5.41) is 5.09. The fourth-order valence-electron chi connectivity index (χ4n) is 9.68. The van der Waals surface area contributed by atoms with Gasteiger partial charge < -0.3 is 4.90 Å². The number of para-hydroxylation sites is 2. The van der Waals surface area contributed by atoms with Crippen LogP contribution in [0.3, 0.4) is 0 Å². The maximum atomic E-state index is 2.47. The van der Waals surface area contributed by atoms with Crippen molar-refractivity contribution in [3.05, 3.63) is 259 Å². The summed E-state index contributed by atoms with van der Waals surface area (Å²) in [4.78, 5) is 2.47. The van der Waals surface area contributed by atoms with E-state index in [-0.39, 0.29) is 0 Å². The summed E-state index contributed by atoms with van der Waals surface area (Å²) in [6, 6.07) is 86.7. The molecule has 10 aromatic carbocycles. The summed E-state index contributed by atoms with van der Waals surface area (Å²) >= 11 is 0. The Bertz CT molecular complexity index is 3050. The van der Waals surface area contributed by atoms with Crippen LogP contribution in [0.5, 0.6) is 0 Å². The van der Waals surface area contributed by atoms with Crippen LogP contribution in [-0.4, -0.2) is 0 Å². The molecule has 0 saturated heterocycles. The van der Waals surface area contributed by atoms with Gasteiger partial charge in [-0.2, -0.15) is 0 Å². The molecule has 58 heavy (non-hydrogen) atoms. The number of hydrogen-bond acceptors (Lipinski definition) is 1. The predicted molar refractivity (Wildman–Crippen MR) is 244 cm³/mol. The molecule has 10 aromatic rings. The third-order valence-corrected chi connectivity index (χ3v) is 12.1. The van der Waals surface area contributed by atoms with Gasteiger partial charge in [0.05, 0.1) is 16.8 Å². The van der Waals surface area contributed by atoms with E-state index < -0.39 is 5.41 Å². The van der Waals surface area contributed by atoms with E-state index in [2.05, 4.69) is 241 Å². The van der Waals surface area contributed by atoms with Crippen molar-refractivity contribution in [1.82, 2.24) is 0 Å². The number of benzene rings is 10. The molecule has 0 atom stereocenters. The third kappa shape index (κ3) is 5.25. The van der Waals surface area contributed by atoms with E-state index in [1.165, 1.54) is 77.2 Å². The number of hydrogen-bond donors (Lipinski definition) is 0. The Balaban J connectivity index is 1.11. The Hall–Kier alpha value is -7.48. The lowest BCUT2D eigenvalue weighted by Crippen LogP contribution is -2.28. The zero-order valence-corrected chi connectivity index (χ0v) is 32.0. The molecule has 1 heteroatoms. The van der Waals surface area contributed by atoms with Gasteiger partial charge in [-0.3, -0.25) is 0 Å². The first-order valence-electron chi connectivity index (χ1n) is 20.1. The summed E-state index contributed by atoms with van der Waals surface area (Å²) in [5.74, 6) is 0. The Kier molecular flexibility index (Phi) is 8.12. The molecule has 0 bridgehead atoms. The highest BCUT2D eigenvalue weighted by atomic mass is 15.1. The average molecular weight is 738 g/mol. The molecule has 11 rings (SSSR count). The van der Waals surface area contributed by atoms with Gasteiger partial charge in [0, 0.05) is 16.8 Å². The van der Waals surface area contributed by atoms with Crippen LogP contribution >= 0.6 is 0 Å². The zero-order valence-electron chi connectivity index (χ0n) is 32.0. The second-order valence-electron chi connectivity index (χ2n) is 15.2. The highest BCUT2D eigenvalue weighted by molar-refractivity contribution is 6.13. The third-order valence-electron chi connectivity index (χ3n) is 12.1. The Morgan fingerprint density at radius 3 is 1.52 bits per heavy atom. The van der Waals surface area contributed by atoms with E-state index in [1.54, 1.807) is 0 Å². The van der Waals surface area contributed by atoms with E-state index in [0.717, 1.165) is 17.1 Å². The van der Waals surface area contributed by atoms with Crippen LogP contribution < -0.4 is 4.90 Å². The maximum Gasteiger partial charge on any atom is 0.0714 e. The minimum Gasteiger partial charge on any atom is -0.309 e. The molecule has 0 amide bonds. The monoisotopic (exact) mass is 737 g/mol. The van der Waals surface area contributed by atoms with Gasteiger partial charge in [-0.15, -0.1) is 0 Å². The molecule has 0 radical (unpaired) electrons. The molecule has 1 aliphatic carbocycles. The van der Waals surface area contributed by atoms with Crippen LogP contribution in [0.2, 0.25) is 0 Å². The molecular formula is C57H39N. The van der Waals surface area contributed by atoms with Gasteiger partial charge in [0.1, 0.15) is 0 Å². The number of fused-ring (bicyclic) bond motifs is 6. The van der Waals surface area contributed by atoms with Crippen molar-refractivity contribution >= 4 is 38.6 Å². The van der Waals surface area contributed by atoms with Gasteiger partial charge in [-0.1, -0.05) is 206 Å².